The zero-order valence-electron chi connectivity index (χ0n) is 23.9. The molecule has 2 aliphatic rings. The Hall–Kier alpha value is -4.04. The Morgan fingerprint density at radius 1 is 0.837 bits per heavy atom. The van der Waals surface area contributed by atoms with Gasteiger partial charge in [-0.25, -0.2) is 0 Å². The van der Waals surface area contributed by atoms with Crippen LogP contribution in [-0.2, 0) is 21.4 Å². The zero-order chi connectivity index (χ0) is 29.6. The van der Waals surface area contributed by atoms with Crippen molar-refractivity contribution in [2.75, 3.05) is 5.75 Å². The van der Waals surface area contributed by atoms with Crippen molar-refractivity contribution >= 4 is 49.1 Å². The summed E-state index contributed by atoms with van der Waals surface area (Å²) in [5.74, 6) is 1.61. The van der Waals surface area contributed by atoms with E-state index in [1.54, 1.807) is 11.3 Å². The summed E-state index contributed by atoms with van der Waals surface area (Å²) in [5.41, 5.74) is 7.05. The molecule has 2 heterocycles. The molecular weight excluding hydrogens is 575 g/mol. The Labute approximate surface area is 257 Å². The lowest BCUT2D eigenvalue weighted by Crippen LogP contribution is -2.35. The second kappa shape index (κ2) is 13.1. The molecule has 0 saturated heterocycles. The molecule has 4 aromatic rings. The number of hydrogen-bond donors (Lipinski definition) is 1. The van der Waals surface area contributed by atoms with Crippen LogP contribution in [0.4, 0.5) is 0 Å². The number of unbranched alkanes of at least 4 members (excludes halogenated alkanes) is 1. The number of hydrogen-bond acceptors (Lipinski definition) is 4. The molecule has 6 rings (SSSR count). The van der Waals surface area contributed by atoms with Gasteiger partial charge in [0, 0.05) is 29.7 Å². The van der Waals surface area contributed by atoms with Gasteiger partial charge in [0.15, 0.2) is 6.54 Å². The predicted molar refractivity (Wildman–Crippen MR) is 176 cm³/mol. The van der Waals surface area contributed by atoms with E-state index in [4.69, 9.17) is 9.29 Å². The molecule has 1 N–H and O–H groups in total. The second-order valence-electron chi connectivity index (χ2n) is 10.7. The summed E-state index contributed by atoms with van der Waals surface area (Å²) in [6.07, 6.45) is 14.7. The summed E-state index contributed by atoms with van der Waals surface area (Å²) in [6, 6.07) is 29.1. The van der Waals surface area contributed by atoms with Crippen molar-refractivity contribution in [1.29, 1.82) is 0 Å². The highest BCUT2D eigenvalue weighted by Gasteiger charge is 2.27. The normalized spacial score (nSPS) is 15.8. The van der Waals surface area contributed by atoms with Crippen LogP contribution in [0.2, 0.25) is 0 Å². The molecule has 43 heavy (non-hydrogen) atoms. The molecule has 0 saturated carbocycles. The van der Waals surface area contributed by atoms with E-state index in [1.807, 2.05) is 36.4 Å². The maximum atomic E-state index is 11.2. The van der Waals surface area contributed by atoms with Crippen LogP contribution in [0, 0.1) is 0 Å². The van der Waals surface area contributed by atoms with E-state index in [2.05, 4.69) is 83.5 Å². The Balaban J connectivity index is 1.29. The smallest absolute Gasteiger partial charge is 0.264 e. The molecule has 0 bridgehead atoms. The van der Waals surface area contributed by atoms with Crippen molar-refractivity contribution in [3.63, 3.8) is 0 Å². The lowest BCUT2D eigenvalue weighted by molar-refractivity contribution is -0.669. The van der Waals surface area contributed by atoms with Crippen LogP contribution in [0.3, 0.4) is 0 Å². The lowest BCUT2D eigenvalue weighted by atomic mass is 9.85. The van der Waals surface area contributed by atoms with Gasteiger partial charge in [0.1, 0.15) is 16.2 Å². The summed E-state index contributed by atoms with van der Waals surface area (Å²) in [7, 11) is -3.94. The molecule has 218 valence electrons. The Bertz CT molecular complexity index is 1880. The first-order valence-electron chi connectivity index (χ1n) is 14.6. The van der Waals surface area contributed by atoms with Crippen LogP contribution in [0.1, 0.15) is 48.2 Å². The maximum absolute atomic E-state index is 11.2. The fourth-order valence-electron chi connectivity index (χ4n) is 5.67. The number of fused-ring (bicyclic) bond motifs is 2. The highest BCUT2D eigenvalue weighted by Crippen LogP contribution is 2.43. The van der Waals surface area contributed by atoms with Gasteiger partial charge in [0.2, 0.25) is 5.52 Å². The molecule has 5 nitrogen and oxygen atoms in total. The Morgan fingerprint density at radius 2 is 1.53 bits per heavy atom. The molecule has 0 radical (unpaired) electrons. The molecule has 0 spiro atoms. The molecule has 0 fully saturated rings. The van der Waals surface area contributed by atoms with Gasteiger partial charge in [0.25, 0.3) is 15.1 Å². The maximum Gasteiger partial charge on any atom is 0.264 e. The van der Waals surface area contributed by atoms with Crippen LogP contribution in [-0.4, -0.2) is 18.7 Å². The number of aromatic nitrogens is 1. The molecule has 1 aliphatic carbocycles. The highest BCUT2D eigenvalue weighted by molar-refractivity contribution is 7.85. The number of para-hydroxylation sites is 1. The minimum atomic E-state index is -3.94. The van der Waals surface area contributed by atoms with E-state index in [9.17, 15) is 8.42 Å². The third-order valence-electron chi connectivity index (χ3n) is 7.71. The summed E-state index contributed by atoms with van der Waals surface area (Å²) in [6.45, 7) is 0.678. The number of aryl methyl sites for hydroxylation is 1. The van der Waals surface area contributed by atoms with E-state index >= 15 is 0 Å². The van der Waals surface area contributed by atoms with Crippen molar-refractivity contribution in [2.45, 2.75) is 38.6 Å². The van der Waals surface area contributed by atoms with Gasteiger partial charge in [0.05, 0.1) is 5.75 Å². The van der Waals surface area contributed by atoms with Crippen molar-refractivity contribution in [3.8, 4) is 0 Å². The first kappa shape index (κ1) is 29.1. The third-order valence-corrected chi connectivity index (χ3v) is 9.65. The number of thiazole rings is 1. The number of rotatable bonds is 10. The summed E-state index contributed by atoms with van der Waals surface area (Å²) in [4.78, 5) is 0. The predicted octanol–water partition coefficient (Wildman–Crippen LogP) is 8.39. The van der Waals surface area contributed by atoms with Gasteiger partial charge in [-0.05, 0) is 54.5 Å². The lowest BCUT2D eigenvalue weighted by Gasteiger charge is -2.29. The molecule has 0 amide bonds. The standard InChI is InChI=1S/C36H33NO4S2/c38-43(39,40)25-12-11-24-37-32-21-8-9-22-34(32)42-35(37)23-10-7-18-29-19-13-20-30-31(27-14-3-1-4-15-27)26-33(41-36(29)30)28-16-5-2-6-17-28/h1-10,14-18,21-23,26H,11-13,19-20,24-25H2/p+1. The quantitative estimate of drug-likeness (QED) is 0.0850. The van der Waals surface area contributed by atoms with E-state index in [0.29, 0.717) is 19.4 Å². The largest absolute Gasteiger partial charge is 0.456 e. The first-order chi connectivity index (χ1) is 21.0. The summed E-state index contributed by atoms with van der Waals surface area (Å²) < 4.78 is 41.5. The van der Waals surface area contributed by atoms with Crippen molar-refractivity contribution in [1.82, 2.24) is 0 Å². The molecule has 0 unspecified atom stereocenters. The van der Waals surface area contributed by atoms with Gasteiger partial charge in [-0.15, -0.1) is 0 Å². The minimum Gasteiger partial charge on any atom is -0.456 e. The van der Waals surface area contributed by atoms with Gasteiger partial charge in [-0.1, -0.05) is 102 Å². The topological polar surface area (TPSA) is 67.5 Å². The molecular formula is C36H34NO4S2+. The van der Waals surface area contributed by atoms with Crippen LogP contribution in [0.25, 0.3) is 27.6 Å². The van der Waals surface area contributed by atoms with Gasteiger partial charge in [-0.3, -0.25) is 4.55 Å². The average Bonchev–Trinajstić information content (AvgIpc) is 3.38. The number of ether oxygens (including phenoxy) is 1. The Kier molecular flexibility index (Phi) is 8.84. The number of allylic oxidation sites excluding steroid dienone is 7. The zero-order valence-corrected chi connectivity index (χ0v) is 25.5. The van der Waals surface area contributed by atoms with Gasteiger partial charge >= 0.3 is 0 Å². The van der Waals surface area contributed by atoms with Crippen LogP contribution >= 0.6 is 11.3 Å². The average molecular weight is 609 g/mol. The van der Waals surface area contributed by atoms with Crippen molar-refractivity contribution < 1.29 is 22.3 Å². The van der Waals surface area contributed by atoms with E-state index in [1.165, 1.54) is 27.0 Å². The SMILES string of the molecule is O=S(=O)(O)CCCC[n+]1c(C=CC=CC2=C3OC(c4ccccc4)=CC(c4ccccc4)=C3CCC2)sc2ccccc21. The van der Waals surface area contributed by atoms with E-state index in [0.717, 1.165) is 46.9 Å². The molecule has 1 aromatic heterocycles. The van der Waals surface area contributed by atoms with Gasteiger partial charge < -0.3 is 4.74 Å². The summed E-state index contributed by atoms with van der Waals surface area (Å²) in [5, 5.41) is 1.09. The van der Waals surface area contributed by atoms with E-state index in [-0.39, 0.29) is 5.75 Å². The summed E-state index contributed by atoms with van der Waals surface area (Å²) >= 11 is 1.71. The number of nitrogens with zero attached hydrogens (tertiary/aromatic N) is 1. The van der Waals surface area contributed by atoms with Crippen molar-refractivity contribution in [3.05, 3.63) is 142 Å². The molecule has 1 aliphatic heterocycles. The first-order valence-corrected chi connectivity index (χ1v) is 17.1. The molecule has 3 aromatic carbocycles. The minimum absolute atomic E-state index is 0.216. The fourth-order valence-corrected chi connectivity index (χ4v) is 7.34. The second-order valence-corrected chi connectivity index (χ2v) is 13.3. The Morgan fingerprint density at radius 3 is 2.30 bits per heavy atom. The van der Waals surface area contributed by atoms with E-state index < -0.39 is 10.1 Å². The third kappa shape index (κ3) is 6.96. The van der Waals surface area contributed by atoms with Gasteiger partial charge in [-0.2, -0.15) is 13.0 Å². The number of benzene rings is 3. The van der Waals surface area contributed by atoms with Crippen molar-refractivity contribution in [2.24, 2.45) is 0 Å². The molecule has 7 heteroatoms. The van der Waals surface area contributed by atoms with Crippen LogP contribution in [0.5, 0.6) is 0 Å². The molecule has 0 atom stereocenters. The highest BCUT2D eigenvalue weighted by atomic mass is 32.2. The monoisotopic (exact) mass is 608 g/mol. The fraction of sp³-hybridized carbons (Fsp3) is 0.194. The van der Waals surface area contributed by atoms with Crippen LogP contribution in [0.15, 0.2) is 126 Å². The van der Waals surface area contributed by atoms with Crippen LogP contribution < -0.4 is 4.57 Å².